The molecule has 1 unspecified atom stereocenters. The first-order valence-corrected chi connectivity index (χ1v) is 8.22. The van der Waals surface area contributed by atoms with E-state index in [1.807, 2.05) is 12.1 Å². The number of likely N-dealkylation sites (tertiary alicyclic amines) is 1. The maximum Gasteiger partial charge on any atom is 0.0453 e. The summed E-state index contributed by atoms with van der Waals surface area (Å²) in [5, 5.41) is 4.60. The van der Waals surface area contributed by atoms with Gasteiger partial charge in [0.1, 0.15) is 0 Å². The Morgan fingerprint density at radius 1 is 1.25 bits per heavy atom. The van der Waals surface area contributed by atoms with Crippen molar-refractivity contribution in [3.63, 3.8) is 0 Å². The van der Waals surface area contributed by atoms with Crippen molar-refractivity contribution in [3.05, 3.63) is 34.9 Å². The fraction of sp³-hybridized carbons (Fsp3) is 0.647. The van der Waals surface area contributed by atoms with E-state index in [0.717, 1.165) is 10.9 Å². The molecule has 1 heterocycles. The largest absolute Gasteiger partial charge is 0.307 e. The number of hydrogen-bond donors (Lipinski definition) is 1. The monoisotopic (exact) mass is 294 g/mol. The molecule has 0 spiro atoms. The van der Waals surface area contributed by atoms with E-state index in [9.17, 15) is 0 Å². The molecular formula is C17H27ClN2. The first-order chi connectivity index (χ1) is 9.61. The Bertz CT molecular complexity index is 413. The molecule has 0 aromatic heterocycles. The number of rotatable bonds is 5. The fourth-order valence-corrected chi connectivity index (χ4v) is 3.52. The number of halogens is 1. The maximum atomic E-state index is 6.28. The molecule has 1 fully saturated rings. The van der Waals surface area contributed by atoms with E-state index in [1.165, 1.54) is 38.0 Å². The van der Waals surface area contributed by atoms with Crippen molar-refractivity contribution in [1.29, 1.82) is 0 Å². The lowest BCUT2D eigenvalue weighted by Crippen LogP contribution is -2.42. The molecule has 1 aromatic carbocycles. The van der Waals surface area contributed by atoms with Crippen LogP contribution in [0.1, 0.15) is 45.2 Å². The van der Waals surface area contributed by atoms with Gasteiger partial charge in [-0.15, -0.1) is 0 Å². The summed E-state index contributed by atoms with van der Waals surface area (Å²) in [5.41, 5.74) is 1.20. The molecule has 2 nitrogen and oxygen atoms in total. The summed E-state index contributed by atoms with van der Waals surface area (Å²) in [5.74, 6) is 0.780. The molecule has 1 saturated heterocycles. The molecule has 0 aliphatic carbocycles. The summed E-state index contributed by atoms with van der Waals surface area (Å²) in [6, 6.07) is 8.99. The molecular weight excluding hydrogens is 268 g/mol. The average Bonchev–Trinajstić information content (AvgIpc) is 2.47. The van der Waals surface area contributed by atoms with Crippen LogP contribution in [0.4, 0.5) is 0 Å². The predicted molar refractivity (Wildman–Crippen MR) is 87.3 cm³/mol. The molecule has 0 amide bonds. The molecule has 1 aliphatic heterocycles. The quantitative estimate of drug-likeness (QED) is 0.879. The van der Waals surface area contributed by atoms with Crippen molar-refractivity contribution in [3.8, 4) is 0 Å². The second-order valence-corrected chi connectivity index (χ2v) is 6.38. The van der Waals surface area contributed by atoms with Crippen LogP contribution in [-0.2, 0) is 0 Å². The van der Waals surface area contributed by atoms with Gasteiger partial charge in [0, 0.05) is 17.1 Å². The highest BCUT2D eigenvalue weighted by molar-refractivity contribution is 6.31. The van der Waals surface area contributed by atoms with E-state index in [2.05, 4.69) is 43.1 Å². The molecule has 1 aliphatic rings. The third kappa shape index (κ3) is 3.97. The smallest absolute Gasteiger partial charge is 0.0453 e. The highest BCUT2D eigenvalue weighted by Gasteiger charge is 2.24. The molecule has 2 atom stereocenters. The van der Waals surface area contributed by atoms with Gasteiger partial charge in [0.2, 0.25) is 0 Å². The van der Waals surface area contributed by atoms with Crippen molar-refractivity contribution in [2.24, 2.45) is 5.92 Å². The number of piperidine rings is 1. The van der Waals surface area contributed by atoms with Gasteiger partial charge in [0.15, 0.2) is 0 Å². The standard InChI is InChI=1S/C17H27ClN2/c1-4-20-11-9-15(10-12-20)13(2)19-14(3)16-7-5-6-8-17(16)18/h5-8,13-15,19H,4,9-12H2,1-3H3/t13?,14-/m0/s1. The number of hydrogen-bond acceptors (Lipinski definition) is 2. The summed E-state index contributed by atoms with van der Waals surface area (Å²) in [6.45, 7) is 10.5. The Morgan fingerprint density at radius 2 is 1.90 bits per heavy atom. The Hall–Kier alpha value is -0.570. The molecule has 0 radical (unpaired) electrons. The SMILES string of the molecule is CCN1CCC(C(C)N[C@@H](C)c2ccccc2Cl)CC1. The normalized spacial score (nSPS) is 20.8. The summed E-state index contributed by atoms with van der Waals surface area (Å²) in [6.07, 6.45) is 2.61. The number of nitrogens with zero attached hydrogens (tertiary/aromatic N) is 1. The van der Waals surface area contributed by atoms with Crippen LogP contribution in [0.5, 0.6) is 0 Å². The lowest BCUT2D eigenvalue weighted by Gasteiger charge is -2.35. The molecule has 0 bridgehead atoms. The van der Waals surface area contributed by atoms with Crippen molar-refractivity contribution in [1.82, 2.24) is 10.2 Å². The van der Waals surface area contributed by atoms with Crippen LogP contribution < -0.4 is 5.32 Å². The molecule has 112 valence electrons. The van der Waals surface area contributed by atoms with Crippen molar-refractivity contribution < 1.29 is 0 Å². The van der Waals surface area contributed by atoms with Crippen LogP contribution in [0.15, 0.2) is 24.3 Å². The van der Waals surface area contributed by atoms with E-state index in [1.54, 1.807) is 0 Å². The van der Waals surface area contributed by atoms with Crippen LogP contribution in [0.3, 0.4) is 0 Å². The number of benzene rings is 1. The van der Waals surface area contributed by atoms with E-state index in [0.29, 0.717) is 12.1 Å². The second kappa shape index (κ2) is 7.44. The Labute approximate surface area is 128 Å². The van der Waals surface area contributed by atoms with E-state index < -0.39 is 0 Å². The zero-order valence-corrected chi connectivity index (χ0v) is 13.7. The maximum absolute atomic E-state index is 6.28. The minimum absolute atomic E-state index is 0.308. The van der Waals surface area contributed by atoms with E-state index in [4.69, 9.17) is 11.6 Å². The zero-order chi connectivity index (χ0) is 14.5. The highest BCUT2D eigenvalue weighted by Crippen LogP contribution is 2.26. The van der Waals surface area contributed by atoms with Gasteiger partial charge in [-0.1, -0.05) is 36.7 Å². The van der Waals surface area contributed by atoms with Gasteiger partial charge in [-0.05, 0) is 63.9 Å². The van der Waals surface area contributed by atoms with Crippen LogP contribution in [-0.4, -0.2) is 30.6 Å². The lowest BCUT2D eigenvalue weighted by atomic mass is 9.89. The van der Waals surface area contributed by atoms with Crippen molar-refractivity contribution >= 4 is 11.6 Å². The molecule has 0 saturated carbocycles. The Kier molecular flexibility index (Phi) is 5.88. The first kappa shape index (κ1) is 15.8. The van der Waals surface area contributed by atoms with E-state index in [-0.39, 0.29) is 0 Å². The average molecular weight is 295 g/mol. The van der Waals surface area contributed by atoms with Gasteiger partial charge >= 0.3 is 0 Å². The van der Waals surface area contributed by atoms with Gasteiger partial charge < -0.3 is 10.2 Å². The van der Waals surface area contributed by atoms with Gasteiger partial charge in [-0.3, -0.25) is 0 Å². The first-order valence-electron chi connectivity index (χ1n) is 7.84. The lowest BCUT2D eigenvalue weighted by molar-refractivity contribution is 0.165. The van der Waals surface area contributed by atoms with Crippen LogP contribution in [0.25, 0.3) is 0 Å². The predicted octanol–water partition coefficient (Wildman–Crippen LogP) is 4.11. The summed E-state index contributed by atoms with van der Waals surface area (Å²) < 4.78 is 0. The van der Waals surface area contributed by atoms with Crippen molar-refractivity contribution in [2.45, 2.75) is 45.7 Å². The third-order valence-electron chi connectivity index (χ3n) is 4.67. The van der Waals surface area contributed by atoms with Gasteiger partial charge in [0.05, 0.1) is 0 Å². The molecule has 3 heteroatoms. The van der Waals surface area contributed by atoms with Gasteiger partial charge in [-0.2, -0.15) is 0 Å². The molecule has 20 heavy (non-hydrogen) atoms. The van der Waals surface area contributed by atoms with Crippen molar-refractivity contribution in [2.75, 3.05) is 19.6 Å². The molecule has 2 rings (SSSR count). The zero-order valence-electron chi connectivity index (χ0n) is 12.9. The number of nitrogens with one attached hydrogen (secondary N) is 1. The Balaban J connectivity index is 1.88. The Morgan fingerprint density at radius 3 is 2.50 bits per heavy atom. The molecule has 1 aromatic rings. The summed E-state index contributed by atoms with van der Waals surface area (Å²) >= 11 is 6.28. The second-order valence-electron chi connectivity index (χ2n) is 5.97. The van der Waals surface area contributed by atoms with Gasteiger partial charge in [0.25, 0.3) is 0 Å². The van der Waals surface area contributed by atoms with E-state index >= 15 is 0 Å². The third-order valence-corrected chi connectivity index (χ3v) is 5.02. The highest BCUT2D eigenvalue weighted by atomic mass is 35.5. The van der Waals surface area contributed by atoms with Gasteiger partial charge in [-0.25, -0.2) is 0 Å². The minimum Gasteiger partial charge on any atom is -0.307 e. The fourth-order valence-electron chi connectivity index (χ4n) is 3.22. The minimum atomic E-state index is 0.308. The van der Waals surface area contributed by atoms with Crippen LogP contribution in [0, 0.1) is 5.92 Å². The van der Waals surface area contributed by atoms with Crippen LogP contribution in [0.2, 0.25) is 5.02 Å². The summed E-state index contributed by atoms with van der Waals surface area (Å²) in [7, 11) is 0. The summed E-state index contributed by atoms with van der Waals surface area (Å²) in [4.78, 5) is 2.54. The topological polar surface area (TPSA) is 15.3 Å². The molecule has 1 N–H and O–H groups in total. The van der Waals surface area contributed by atoms with Crippen LogP contribution >= 0.6 is 11.6 Å².